The van der Waals surface area contributed by atoms with Gasteiger partial charge in [-0.2, -0.15) is 0 Å². The number of anilines is 1. The lowest BCUT2D eigenvalue weighted by Crippen LogP contribution is -2.02. The Kier molecular flexibility index (Phi) is 3.97. The predicted molar refractivity (Wildman–Crippen MR) is 87.0 cm³/mol. The van der Waals surface area contributed by atoms with Gasteiger partial charge >= 0.3 is 0 Å². The Hall–Kier alpha value is -1.81. The molecule has 0 aliphatic rings. The molecule has 0 atom stereocenters. The van der Waals surface area contributed by atoms with Crippen molar-refractivity contribution < 1.29 is 8.81 Å². The fourth-order valence-electron chi connectivity index (χ4n) is 2.45. The van der Waals surface area contributed by atoms with Gasteiger partial charge < -0.3 is 9.73 Å². The zero-order chi connectivity index (χ0) is 14.8. The molecule has 0 aliphatic heterocycles. The number of aryl methyl sites for hydroxylation is 1. The van der Waals surface area contributed by atoms with Gasteiger partial charge in [-0.25, -0.2) is 4.39 Å². The maximum atomic E-state index is 13.9. The van der Waals surface area contributed by atoms with Crippen molar-refractivity contribution >= 4 is 32.6 Å². The molecule has 108 valence electrons. The lowest BCUT2D eigenvalue weighted by Gasteiger charge is -2.08. The van der Waals surface area contributed by atoms with Crippen molar-refractivity contribution in [3.63, 3.8) is 0 Å². The Labute approximate surface area is 131 Å². The first kappa shape index (κ1) is 14.1. The van der Waals surface area contributed by atoms with Crippen LogP contribution in [0.2, 0.25) is 0 Å². The molecule has 1 heterocycles. The molecule has 4 heteroatoms. The number of nitrogens with one attached hydrogen (secondary N) is 1. The van der Waals surface area contributed by atoms with Gasteiger partial charge in [-0.3, -0.25) is 0 Å². The summed E-state index contributed by atoms with van der Waals surface area (Å²) < 4.78 is 20.4. The van der Waals surface area contributed by atoms with Gasteiger partial charge in [0.25, 0.3) is 0 Å². The van der Waals surface area contributed by atoms with Crippen molar-refractivity contribution in [2.24, 2.45) is 0 Å². The van der Waals surface area contributed by atoms with Gasteiger partial charge in [-0.15, -0.1) is 0 Å². The number of halogens is 2. The number of furan rings is 1. The zero-order valence-electron chi connectivity index (χ0n) is 11.6. The van der Waals surface area contributed by atoms with Crippen LogP contribution in [0.4, 0.5) is 10.1 Å². The third-order valence-corrected chi connectivity index (χ3v) is 3.98. The van der Waals surface area contributed by atoms with Crippen LogP contribution in [-0.4, -0.2) is 0 Å². The van der Waals surface area contributed by atoms with Gasteiger partial charge in [0.2, 0.25) is 0 Å². The van der Waals surface area contributed by atoms with E-state index < -0.39 is 0 Å². The molecule has 0 spiro atoms. The Morgan fingerprint density at radius 2 is 2.00 bits per heavy atom. The van der Waals surface area contributed by atoms with Crippen LogP contribution in [0, 0.1) is 5.82 Å². The lowest BCUT2D eigenvalue weighted by atomic mass is 10.1. The molecule has 1 aromatic heterocycles. The second-order valence-corrected chi connectivity index (χ2v) is 5.75. The highest BCUT2D eigenvalue weighted by Crippen LogP contribution is 2.28. The standard InChI is InChI=1S/C17H15BrFNO/c1-2-16-13(12-5-3-4-6-17(12)21-16)10-20-15-8-7-11(18)9-14(15)19/h3-9,20H,2,10H2,1H3. The lowest BCUT2D eigenvalue weighted by molar-refractivity contribution is 0.551. The smallest absolute Gasteiger partial charge is 0.147 e. The minimum Gasteiger partial charge on any atom is -0.461 e. The quantitative estimate of drug-likeness (QED) is 0.673. The third kappa shape index (κ3) is 2.81. The zero-order valence-corrected chi connectivity index (χ0v) is 13.2. The highest BCUT2D eigenvalue weighted by atomic mass is 79.9. The molecular formula is C17H15BrFNO. The molecule has 0 bridgehead atoms. The van der Waals surface area contributed by atoms with E-state index in [4.69, 9.17) is 4.42 Å². The van der Waals surface area contributed by atoms with Crippen molar-refractivity contribution in [2.45, 2.75) is 19.9 Å². The molecule has 0 aliphatic carbocycles. The van der Waals surface area contributed by atoms with E-state index in [1.54, 1.807) is 6.07 Å². The number of hydrogen-bond acceptors (Lipinski definition) is 2. The summed E-state index contributed by atoms with van der Waals surface area (Å²) in [4.78, 5) is 0. The minimum absolute atomic E-state index is 0.268. The number of hydrogen-bond donors (Lipinski definition) is 1. The highest BCUT2D eigenvalue weighted by molar-refractivity contribution is 9.10. The van der Waals surface area contributed by atoms with E-state index in [1.165, 1.54) is 6.07 Å². The van der Waals surface area contributed by atoms with Gasteiger partial charge in [0, 0.05) is 28.4 Å². The summed E-state index contributed by atoms with van der Waals surface area (Å²) in [6.45, 7) is 2.60. The molecule has 2 aromatic carbocycles. The Balaban J connectivity index is 1.91. The number of para-hydroxylation sites is 1. The van der Waals surface area contributed by atoms with Gasteiger partial charge in [-0.1, -0.05) is 41.1 Å². The van der Waals surface area contributed by atoms with Gasteiger partial charge in [0.05, 0.1) is 5.69 Å². The van der Waals surface area contributed by atoms with E-state index in [-0.39, 0.29) is 5.82 Å². The molecule has 3 rings (SSSR count). The van der Waals surface area contributed by atoms with E-state index >= 15 is 0 Å². The van der Waals surface area contributed by atoms with Crippen LogP contribution in [0.25, 0.3) is 11.0 Å². The predicted octanol–water partition coefficient (Wildman–Crippen LogP) is 5.51. The molecule has 0 fully saturated rings. The largest absolute Gasteiger partial charge is 0.461 e. The summed E-state index contributed by atoms with van der Waals surface area (Å²) in [5.74, 6) is 0.677. The van der Waals surface area contributed by atoms with Crippen molar-refractivity contribution in [1.82, 2.24) is 0 Å². The van der Waals surface area contributed by atoms with Crippen molar-refractivity contribution in [3.05, 3.63) is 64.1 Å². The van der Waals surface area contributed by atoms with Crippen LogP contribution in [0.5, 0.6) is 0 Å². The SMILES string of the molecule is CCc1oc2ccccc2c1CNc1ccc(Br)cc1F. The average molecular weight is 348 g/mol. The average Bonchev–Trinajstić information content (AvgIpc) is 2.84. The molecule has 0 saturated heterocycles. The van der Waals surface area contributed by atoms with Crippen LogP contribution in [-0.2, 0) is 13.0 Å². The van der Waals surface area contributed by atoms with Crippen LogP contribution >= 0.6 is 15.9 Å². The molecule has 0 unspecified atom stereocenters. The highest BCUT2D eigenvalue weighted by Gasteiger charge is 2.12. The molecule has 2 nitrogen and oxygen atoms in total. The second-order valence-electron chi connectivity index (χ2n) is 4.83. The Morgan fingerprint density at radius 3 is 2.76 bits per heavy atom. The Morgan fingerprint density at radius 1 is 1.19 bits per heavy atom. The minimum atomic E-state index is -0.268. The van der Waals surface area contributed by atoms with Crippen LogP contribution in [0.15, 0.2) is 51.4 Å². The first-order valence-electron chi connectivity index (χ1n) is 6.87. The normalized spacial score (nSPS) is 11.0. The monoisotopic (exact) mass is 347 g/mol. The second kappa shape index (κ2) is 5.90. The van der Waals surface area contributed by atoms with Crippen LogP contribution < -0.4 is 5.32 Å². The van der Waals surface area contributed by atoms with E-state index in [2.05, 4.69) is 28.2 Å². The van der Waals surface area contributed by atoms with Gasteiger partial charge in [0.15, 0.2) is 0 Å². The van der Waals surface area contributed by atoms with Crippen LogP contribution in [0.1, 0.15) is 18.2 Å². The van der Waals surface area contributed by atoms with E-state index in [1.807, 2.05) is 30.3 Å². The first-order valence-corrected chi connectivity index (χ1v) is 7.66. The molecule has 0 amide bonds. The Bertz CT molecular complexity index is 782. The summed E-state index contributed by atoms with van der Waals surface area (Å²) in [6, 6.07) is 12.9. The summed E-state index contributed by atoms with van der Waals surface area (Å²) >= 11 is 3.26. The number of fused-ring (bicyclic) bond motifs is 1. The maximum Gasteiger partial charge on any atom is 0.147 e. The number of rotatable bonds is 4. The molecular weight excluding hydrogens is 333 g/mol. The summed E-state index contributed by atoms with van der Waals surface area (Å²) in [7, 11) is 0. The van der Waals surface area contributed by atoms with E-state index in [0.29, 0.717) is 12.2 Å². The van der Waals surface area contributed by atoms with Crippen LogP contribution in [0.3, 0.4) is 0 Å². The van der Waals surface area contributed by atoms with E-state index in [0.717, 1.165) is 33.2 Å². The van der Waals surface area contributed by atoms with E-state index in [9.17, 15) is 4.39 Å². The molecule has 1 N–H and O–H groups in total. The summed E-state index contributed by atoms with van der Waals surface area (Å²) in [5.41, 5.74) is 2.46. The molecule has 0 saturated carbocycles. The summed E-state index contributed by atoms with van der Waals surface area (Å²) in [5, 5.41) is 4.24. The first-order chi connectivity index (χ1) is 10.2. The molecule has 3 aromatic rings. The third-order valence-electron chi connectivity index (χ3n) is 3.49. The number of benzene rings is 2. The van der Waals surface area contributed by atoms with Crippen molar-refractivity contribution in [1.29, 1.82) is 0 Å². The summed E-state index contributed by atoms with van der Waals surface area (Å²) in [6.07, 6.45) is 0.814. The fraction of sp³-hybridized carbons (Fsp3) is 0.176. The van der Waals surface area contributed by atoms with Crippen molar-refractivity contribution in [2.75, 3.05) is 5.32 Å². The van der Waals surface area contributed by atoms with Gasteiger partial charge in [0.1, 0.15) is 17.2 Å². The van der Waals surface area contributed by atoms with Gasteiger partial charge in [-0.05, 0) is 24.3 Å². The molecule has 0 radical (unpaired) electrons. The molecule has 21 heavy (non-hydrogen) atoms. The fourth-order valence-corrected chi connectivity index (χ4v) is 2.78. The van der Waals surface area contributed by atoms with Crippen molar-refractivity contribution in [3.8, 4) is 0 Å². The maximum absolute atomic E-state index is 13.9. The topological polar surface area (TPSA) is 25.2 Å².